The lowest BCUT2D eigenvalue weighted by Crippen LogP contribution is -2.27. The Morgan fingerprint density at radius 1 is 1.04 bits per heavy atom. The van der Waals surface area contributed by atoms with Gasteiger partial charge in [0.05, 0.1) is 28.5 Å². The monoisotopic (exact) mass is 396 g/mol. The van der Waals surface area contributed by atoms with E-state index >= 15 is 0 Å². The van der Waals surface area contributed by atoms with Crippen molar-refractivity contribution in [2.75, 3.05) is 24.3 Å². The molecule has 7 nitrogen and oxygen atoms in total. The fraction of sp³-hybridized carbons (Fsp3) is 0.500. The summed E-state index contributed by atoms with van der Waals surface area (Å²) in [7, 11) is 0. The zero-order valence-corrected chi connectivity index (χ0v) is 16.5. The van der Waals surface area contributed by atoms with Gasteiger partial charge in [-0.25, -0.2) is 4.98 Å². The van der Waals surface area contributed by atoms with E-state index in [0.717, 1.165) is 58.4 Å². The molecule has 0 unspecified atom stereocenters. The highest BCUT2D eigenvalue weighted by atomic mass is 32.1. The van der Waals surface area contributed by atoms with Gasteiger partial charge in [-0.2, -0.15) is 0 Å². The lowest BCUT2D eigenvalue weighted by molar-refractivity contribution is 0.0904. The molecule has 0 amide bonds. The highest BCUT2D eigenvalue weighted by molar-refractivity contribution is 7.14. The van der Waals surface area contributed by atoms with Crippen LogP contribution in [0.4, 0.5) is 11.5 Å². The van der Waals surface area contributed by atoms with Gasteiger partial charge in [-0.1, -0.05) is 24.2 Å². The van der Waals surface area contributed by atoms with Crippen LogP contribution in [-0.4, -0.2) is 39.4 Å². The second-order valence-electron chi connectivity index (χ2n) is 7.64. The van der Waals surface area contributed by atoms with Crippen molar-refractivity contribution in [3.63, 3.8) is 0 Å². The zero-order chi connectivity index (χ0) is 18.9. The Kier molecular flexibility index (Phi) is 4.82. The molecule has 0 spiro atoms. The first-order chi connectivity index (χ1) is 13.8. The molecular weight excluding hydrogens is 372 g/mol. The molecule has 1 saturated carbocycles. The van der Waals surface area contributed by atoms with E-state index in [0.29, 0.717) is 17.8 Å². The molecule has 3 aromatic heterocycles. The summed E-state index contributed by atoms with van der Waals surface area (Å²) in [5, 5.41) is 14.3. The van der Waals surface area contributed by atoms with Gasteiger partial charge in [-0.15, -0.1) is 10.2 Å². The van der Waals surface area contributed by atoms with Crippen molar-refractivity contribution in [2.45, 2.75) is 50.5 Å². The van der Waals surface area contributed by atoms with Crippen molar-refractivity contribution < 1.29 is 4.74 Å². The standard InChI is InChI=1S/C20H24N6OS/c21-18-15(20-26-25-19(28-20)12-3-1-2-4-12)10-16-17(24-18)9-14(11-22-16)23-13-5-7-27-8-6-13/h9-13,23H,1-8H2,(H2,21,24). The van der Waals surface area contributed by atoms with Gasteiger partial charge in [0.1, 0.15) is 10.8 Å². The second kappa shape index (κ2) is 7.60. The summed E-state index contributed by atoms with van der Waals surface area (Å²) < 4.78 is 5.42. The minimum Gasteiger partial charge on any atom is -0.383 e. The van der Waals surface area contributed by atoms with Crippen LogP contribution in [0, 0.1) is 0 Å². The van der Waals surface area contributed by atoms with E-state index < -0.39 is 0 Å². The summed E-state index contributed by atoms with van der Waals surface area (Å²) >= 11 is 1.64. The van der Waals surface area contributed by atoms with Crippen LogP contribution in [0.3, 0.4) is 0 Å². The first-order valence-corrected chi connectivity index (χ1v) is 10.8. The molecule has 4 heterocycles. The molecular formula is C20H24N6OS. The van der Waals surface area contributed by atoms with Crippen molar-refractivity contribution in [2.24, 2.45) is 0 Å². The number of ether oxygens (including phenoxy) is 1. The van der Waals surface area contributed by atoms with Crippen molar-refractivity contribution in [1.29, 1.82) is 0 Å². The number of nitrogens with one attached hydrogen (secondary N) is 1. The maximum atomic E-state index is 6.28. The van der Waals surface area contributed by atoms with Crippen molar-refractivity contribution in [3.8, 4) is 10.6 Å². The summed E-state index contributed by atoms with van der Waals surface area (Å²) in [6.45, 7) is 1.61. The maximum Gasteiger partial charge on any atom is 0.151 e. The number of pyridine rings is 2. The lowest BCUT2D eigenvalue weighted by atomic mass is 10.1. The Balaban J connectivity index is 1.41. The number of fused-ring (bicyclic) bond motifs is 1. The molecule has 0 radical (unpaired) electrons. The second-order valence-corrected chi connectivity index (χ2v) is 8.65. The van der Waals surface area contributed by atoms with E-state index in [1.165, 1.54) is 25.7 Å². The fourth-order valence-corrected chi connectivity index (χ4v) is 5.11. The third kappa shape index (κ3) is 3.54. The molecule has 5 rings (SSSR count). The van der Waals surface area contributed by atoms with Crippen molar-refractivity contribution in [1.82, 2.24) is 20.2 Å². The molecule has 0 aromatic carbocycles. The number of aromatic nitrogens is 4. The Morgan fingerprint density at radius 3 is 2.68 bits per heavy atom. The first-order valence-electron chi connectivity index (χ1n) is 10.0. The predicted octanol–water partition coefficient (Wildman–Crippen LogP) is 3.98. The largest absolute Gasteiger partial charge is 0.383 e. The summed E-state index contributed by atoms with van der Waals surface area (Å²) in [6.07, 6.45) is 8.87. The van der Waals surface area contributed by atoms with E-state index in [-0.39, 0.29) is 0 Å². The van der Waals surface area contributed by atoms with Crippen LogP contribution in [0.2, 0.25) is 0 Å². The van der Waals surface area contributed by atoms with Crippen LogP contribution in [0.15, 0.2) is 18.3 Å². The smallest absolute Gasteiger partial charge is 0.151 e. The highest BCUT2D eigenvalue weighted by Gasteiger charge is 2.22. The number of nitrogens with two attached hydrogens (primary N) is 1. The Bertz CT molecular complexity index is 978. The minimum absolute atomic E-state index is 0.417. The third-order valence-electron chi connectivity index (χ3n) is 5.66. The van der Waals surface area contributed by atoms with Crippen LogP contribution >= 0.6 is 11.3 Å². The van der Waals surface area contributed by atoms with E-state index in [9.17, 15) is 0 Å². The number of nitrogen functional groups attached to an aromatic ring is 1. The molecule has 2 fully saturated rings. The SMILES string of the molecule is Nc1nc2cc(NC3CCOCC3)cnc2cc1-c1nnc(C2CCCC2)s1. The van der Waals surface area contributed by atoms with E-state index in [1.807, 2.05) is 18.3 Å². The van der Waals surface area contributed by atoms with Crippen LogP contribution in [-0.2, 0) is 4.74 Å². The maximum absolute atomic E-state index is 6.28. The number of hydrogen-bond acceptors (Lipinski definition) is 8. The highest BCUT2D eigenvalue weighted by Crippen LogP contribution is 2.38. The van der Waals surface area contributed by atoms with E-state index in [4.69, 9.17) is 10.5 Å². The summed E-state index contributed by atoms with van der Waals surface area (Å²) in [5.41, 5.74) is 9.68. The predicted molar refractivity (Wildman–Crippen MR) is 112 cm³/mol. The summed E-state index contributed by atoms with van der Waals surface area (Å²) in [6, 6.07) is 4.41. The number of hydrogen-bond donors (Lipinski definition) is 2. The van der Waals surface area contributed by atoms with Gasteiger partial charge < -0.3 is 15.8 Å². The minimum atomic E-state index is 0.417. The quantitative estimate of drug-likeness (QED) is 0.688. The molecule has 2 aliphatic rings. The average Bonchev–Trinajstić information content (AvgIpc) is 3.40. The van der Waals surface area contributed by atoms with Gasteiger partial charge in [0, 0.05) is 25.2 Å². The van der Waals surface area contributed by atoms with Gasteiger partial charge >= 0.3 is 0 Å². The van der Waals surface area contributed by atoms with Gasteiger partial charge in [-0.3, -0.25) is 4.98 Å². The van der Waals surface area contributed by atoms with Crippen molar-refractivity contribution >= 4 is 33.9 Å². The molecule has 28 heavy (non-hydrogen) atoms. The molecule has 0 bridgehead atoms. The van der Waals surface area contributed by atoms with Crippen LogP contribution in [0.1, 0.15) is 49.5 Å². The zero-order valence-electron chi connectivity index (χ0n) is 15.7. The fourth-order valence-electron chi connectivity index (χ4n) is 4.07. The van der Waals surface area contributed by atoms with Crippen LogP contribution in [0.5, 0.6) is 0 Å². The van der Waals surface area contributed by atoms with Gasteiger partial charge in [0.25, 0.3) is 0 Å². The van der Waals surface area contributed by atoms with E-state index in [2.05, 4.69) is 25.5 Å². The number of anilines is 2. The Morgan fingerprint density at radius 2 is 1.86 bits per heavy atom. The molecule has 3 aromatic rings. The molecule has 1 aliphatic heterocycles. The Labute approximate surface area is 167 Å². The molecule has 3 N–H and O–H groups in total. The number of rotatable bonds is 4. The van der Waals surface area contributed by atoms with Gasteiger partial charge in [0.2, 0.25) is 0 Å². The molecule has 146 valence electrons. The molecule has 1 saturated heterocycles. The normalized spacial score (nSPS) is 18.7. The van der Waals surface area contributed by atoms with Crippen molar-refractivity contribution in [3.05, 3.63) is 23.3 Å². The lowest BCUT2D eigenvalue weighted by Gasteiger charge is -2.24. The average molecular weight is 397 g/mol. The molecule has 1 aliphatic carbocycles. The summed E-state index contributed by atoms with van der Waals surface area (Å²) in [4.78, 5) is 9.20. The topological polar surface area (TPSA) is 98.8 Å². The third-order valence-corrected chi connectivity index (χ3v) is 6.78. The van der Waals surface area contributed by atoms with Gasteiger partial charge in [0.15, 0.2) is 5.01 Å². The molecule has 8 heteroatoms. The number of nitrogens with zero attached hydrogens (tertiary/aromatic N) is 4. The Hall–Kier alpha value is -2.32. The summed E-state index contributed by atoms with van der Waals surface area (Å²) in [5.74, 6) is 1.03. The first kappa shape index (κ1) is 17.8. The van der Waals surface area contributed by atoms with Crippen LogP contribution < -0.4 is 11.1 Å². The molecule has 0 atom stereocenters. The van der Waals surface area contributed by atoms with Gasteiger partial charge in [-0.05, 0) is 37.8 Å². The van der Waals surface area contributed by atoms with E-state index in [1.54, 1.807) is 11.3 Å². The van der Waals surface area contributed by atoms with Crippen LogP contribution in [0.25, 0.3) is 21.6 Å².